The highest BCUT2D eigenvalue weighted by molar-refractivity contribution is 8.39. The maximum atomic E-state index is 12.2. The first kappa shape index (κ1) is 30.4. The van der Waals surface area contributed by atoms with Crippen LogP contribution in [0.4, 0.5) is 11.8 Å². The molecule has 4 aromatic heterocycles. The molecule has 23 heteroatoms. The molecule has 0 radical (unpaired) electrons. The zero-order valence-corrected chi connectivity index (χ0v) is 25.3. The van der Waals surface area contributed by atoms with E-state index in [2.05, 4.69) is 42.2 Å². The Morgan fingerprint density at radius 3 is 2.67 bits per heavy atom. The van der Waals surface area contributed by atoms with Gasteiger partial charge in [0, 0.05) is 12.8 Å². The van der Waals surface area contributed by atoms with Gasteiger partial charge in [-0.3, -0.25) is 18.9 Å². The van der Waals surface area contributed by atoms with Crippen molar-refractivity contribution in [2.45, 2.75) is 49.7 Å². The van der Waals surface area contributed by atoms with Gasteiger partial charge in [0.25, 0.3) is 5.56 Å². The van der Waals surface area contributed by atoms with E-state index < -0.39 is 56.4 Å². The Bertz CT molecular complexity index is 1790. The number of ether oxygens (including phenoxy) is 2. The van der Waals surface area contributed by atoms with Crippen LogP contribution < -0.4 is 17.0 Å². The van der Waals surface area contributed by atoms with Crippen LogP contribution >= 0.6 is 26.2 Å². The zero-order valence-electron chi connectivity index (χ0n) is 21.8. The highest BCUT2D eigenvalue weighted by atomic mass is 32.7. The van der Waals surface area contributed by atoms with E-state index in [4.69, 9.17) is 46.3 Å². The van der Waals surface area contributed by atoms with Crippen LogP contribution in [0.15, 0.2) is 23.8 Å². The van der Waals surface area contributed by atoms with E-state index in [1.54, 1.807) is 4.57 Å². The number of rotatable bonds is 10. The van der Waals surface area contributed by atoms with Crippen molar-refractivity contribution in [2.75, 3.05) is 24.7 Å². The fourth-order valence-corrected chi connectivity index (χ4v) is 7.26. The summed E-state index contributed by atoms with van der Waals surface area (Å²) in [6.45, 7) is -4.66. The van der Waals surface area contributed by atoms with Crippen molar-refractivity contribution in [1.82, 2.24) is 39.0 Å². The molecule has 2 aliphatic rings. The van der Waals surface area contributed by atoms with Gasteiger partial charge in [0.1, 0.15) is 48.6 Å². The summed E-state index contributed by atoms with van der Waals surface area (Å²) in [5.41, 5.74) is 11.9. The van der Waals surface area contributed by atoms with Gasteiger partial charge in [-0.05, 0) is 16.4 Å². The van der Waals surface area contributed by atoms with E-state index >= 15 is 0 Å². The summed E-state index contributed by atoms with van der Waals surface area (Å²) < 4.78 is 43.8. The van der Waals surface area contributed by atoms with Gasteiger partial charge in [-0.2, -0.15) is 4.98 Å². The van der Waals surface area contributed by atoms with E-state index in [0.717, 1.165) is 0 Å². The van der Waals surface area contributed by atoms with Gasteiger partial charge in [-0.1, -0.05) is 0 Å². The molecule has 2 aliphatic heterocycles. The molecular weight excluding hydrogens is 650 g/mol. The van der Waals surface area contributed by atoms with Crippen LogP contribution in [0.5, 0.6) is 0 Å². The van der Waals surface area contributed by atoms with Crippen molar-refractivity contribution in [3.05, 3.63) is 29.3 Å². The third-order valence-corrected chi connectivity index (χ3v) is 9.17. The molecule has 43 heavy (non-hydrogen) atoms. The lowest BCUT2D eigenvalue weighted by Gasteiger charge is -2.25. The second-order valence-electron chi connectivity index (χ2n) is 9.58. The van der Waals surface area contributed by atoms with Gasteiger partial charge < -0.3 is 40.0 Å². The number of nitrogen functional groups attached to an aromatic ring is 2. The van der Waals surface area contributed by atoms with Gasteiger partial charge in [0.05, 0.1) is 32.0 Å². The third kappa shape index (κ3) is 6.16. The van der Waals surface area contributed by atoms with Crippen LogP contribution in [0, 0.1) is 0 Å². The maximum absolute atomic E-state index is 12.2. The molecule has 19 nitrogen and oxygen atoms in total. The molecule has 2 saturated heterocycles. The number of aliphatic hydroxyl groups is 1. The van der Waals surface area contributed by atoms with Crippen molar-refractivity contribution >= 4 is 72.1 Å². The first-order chi connectivity index (χ1) is 20.5. The van der Waals surface area contributed by atoms with E-state index in [1.165, 1.54) is 23.5 Å². The van der Waals surface area contributed by atoms with Crippen molar-refractivity contribution in [2.24, 2.45) is 0 Å². The number of imidazole rings is 2. The largest absolute Gasteiger partial charge is 0.582 e. The Hall–Kier alpha value is -2.68. The molecule has 0 saturated carbocycles. The predicted molar refractivity (Wildman–Crippen MR) is 155 cm³/mol. The molecule has 0 aliphatic carbocycles. The first-order valence-electron chi connectivity index (χ1n) is 12.6. The molecule has 0 bridgehead atoms. The van der Waals surface area contributed by atoms with Crippen LogP contribution in [0.2, 0.25) is 0 Å². The van der Waals surface area contributed by atoms with E-state index in [-0.39, 0.29) is 49.0 Å². The number of H-pyrrole nitrogens is 1. The Morgan fingerprint density at radius 2 is 1.91 bits per heavy atom. The summed E-state index contributed by atoms with van der Waals surface area (Å²) in [5.74, 6) is 0.0524. The first-order valence-corrected chi connectivity index (χ1v) is 17.5. The molecule has 6 rings (SSSR count). The topological polar surface area (TPSA) is 263 Å². The lowest BCUT2D eigenvalue weighted by Crippen LogP contribution is -2.28. The normalized spacial score (nSPS) is 27.7. The third-order valence-electron chi connectivity index (χ3n) is 6.85. The number of aromatic nitrogens is 8. The number of hydrogen-bond acceptors (Lipinski definition) is 16. The minimum absolute atomic E-state index is 0.00463. The molecule has 7 N–H and O–H groups in total. The second-order valence-corrected chi connectivity index (χ2v) is 14.0. The van der Waals surface area contributed by atoms with Crippen LogP contribution in [0.25, 0.3) is 22.3 Å². The van der Waals surface area contributed by atoms with E-state index in [1.807, 2.05) is 0 Å². The monoisotopic (exact) mass is 675 g/mol. The van der Waals surface area contributed by atoms with Gasteiger partial charge >= 0.3 is 13.9 Å². The van der Waals surface area contributed by atoms with Crippen LogP contribution in [-0.4, -0.2) is 86.7 Å². The summed E-state index contributed by atoms with van der Waals surface area (Å²) >= 11 is 9.15. The molecule has 0 aromatic carbocycles. The lowest BCUT2D eigenvalue weighted by molar-refractivity contribution is -0.0526. The number of nitrogens with two attached hydrogens (primary N) is 2. The molecule has 0 spiro atoms. The zero-order chi connectivity index (χ0) is 30.5. The van der Waals surface area contributed by atoms with Crippen molar-refractivity contribution in [3.8, 4) is 0 Å². The molecule has 8 atom stereocenters. The number of hydrogen-bond donors (Lipinski definition) is 6. The van der Waals surface area contributed by atoms with Gasteiger partial charge in [0.2, 0.25) is 5.95 Å². The molecule has 2 unspecified atom stereocenters. The minimum Gasteiger partial charge on any atom is -0.394 e. The highest BCUT2D eigenvalue weighted by Gasteiger charge is 2.45. The van der Waals surface area contributed by atoms with Crippen molar-refractivity contribution < 1.29 is 37.6 Å². The fourth-order valence-electron chi connectivity index (χ4n) is 5.00. The average Bonchev–Trinajstić information content (AvgIpc) is 3.72. The molecular formula is C20H25N10O9P2S2+. The second kappa shape index (κ2) is 12.0. The average molecular weight is 676 g/mol. The van der Waals surface area contributed by atoms with Crippen LogP contribution in [0.1, 0.15) is 25.3 Å². The molecule has 4 aromatic rings. The number of fused-ring (bicyclic) bond motifs is 2. The number of nitrogens with one attached hydrogen (secondary N) is 1. The summed E-state index contributed by atoms with van der Waals surface area (Å²) in [6, 6.07) is 0. The van der Waals surface area contributed by atoms with E-state index in [0.29, 0.717) is 11.2 Å². The van der Waals surface area contributed by atoms with Gasteiger partial charge in [0.15, 0.2) is 28.9 Å². The summed E-state index contributed by atoms with van der Waals surface area (Å²) in [6.07, 6.45) is -0.513. The standard InChI is InChI=1S/C20H24N10O9P2S2/c21-15-13-16(24-5-23-15)29(6-25-13)12-2-9(38-40(33)42)11(37-12)4-35-41(34,43)39-10-1-8(3-31)36-19(10)30-7-26-14-17(30)27-20(22)28-18(14)32/h5-12,19,31H,1-4H2,(H6-,21,22,23,24,27,28,32,33,34,42,43)/p+1/t8-,9+,10-,11+,12+,19+,41?/m0/s1. The number of thiol groups is 1. The number of anilines is 2. The fraction of sp³-hybridized carbons (Fsp3) is 0.500. The van der Waals surface area contributed by atoms with E-state index in [9.17, 15) is 19.4 Å². The Balaban J connectivity index is 1.18. The van der Waals surface area contributed by atoms with Gasteiger partial charge in [-0.15, -0.1) is 4.52 Å². The number of aliphatic hydroxyl groups excluding tert-OH is 1. The lowest BCUT2D eigenvalue weighted by atomic mass is 10.2. The maximum Gasteiger partial charge on any atom is 0.582 e. The van der Waals surface area contributed by atoms with Crippen molar-refractivity contribution in [3.63, 3.8) is 0 Å². The number of nitrogens with zero attached hydrogens (tertiary/aromatic N) is 7. The smallest absolute Gasteiger partial charge is 0.394 e. The predicted octanol–water partition coefficient (Wildman–Crippen LogP) is 0.282. The van der Waals surface area contributed by atoms with Crippen LogP contribution in [0.3, 0.4) is 0 Å². The summed E-state index contributed by atoms with van der Waals surface area (Å²) in [4.78, 5) is 46.2. The van der Waals surface area contributed by atoms with Gasteiger partial charge in [-0.25, -0.2) is 19.9 Å². The molecule has 0 amide bonds. The number of aromatic amines is 1. The highest BCUT2D eigenvalue weighted by Crippen LogP contribution is 2.50. The Kier molecular flexibility index (Phi) is 8.48. The Morgan fingerprint density at radius 1 is 1.14 bits per heavy atom. The van der Waals surface area contributed by atoms with Crippen LogP contribution in [-0.2, 0) is 39.4 Å². The molecule has 2 fully saturated rings. The Labute approximate surface area is 252 Å². The summed E-state index contributed by atoms with van der Waals surface area (Å²) in [5, 5.41) is 9.74. The van der Waals surface area contributed by atoms with Crippen molar-refractivity contribution in [1.29, 1.82) is 0 Å². The SMILES string of the molecule is Nc1nc2c(ncn2[C@@H]2O[C@H](CO)C[C@@H]2OP(O)(=S)OC[C@H]2O[C@@H](n3cnc4c(N)ncnc43)C[C@H]2O[P+](=O)S)c(=O)[nH]1. The summed E-state index contributed by atoms with van der Waals surface area (Å²) in [7, 11) is -2.32. The minimum atomic E-state index is -3.99. The molecule has 6 heterocycles. The quantitative estimate of drug-likeness (QED) is 0.0974. The molecule has 230 valence electrons.